The fourth-order valence-electron chi connectivity index (χ4n) is 2.54. The highest BCUT2D eigenvalue weighted by atomic mass is 35.5. The summed E-state index contributed by atoms with van der Waals surface area (Å²) in [5, 5.41) is 9.92. The number of nitrogens with zero attached hydrogens (tertiary/aromatic N) is 3. The number of aryl methyl sites for hydroxylation is 1. The monoisotopic (exact) mass is 363 g/mol. The van der Waals surface area contributed by atoms with Gasteiger partial charge in [0.25, 0.3) is 0 Å². The highest BCUT2D eigenvalue weighted by Crippen LogP contribution is 2.41. The smallest absolute Gasteiger partial charge is 0.231 e. The molecule has 1 aliphatic rings. The van der Waals surface area contributed by atoms with Gasteiger partial charge in [-0.1, -0.05) is 23.4 Å². The third-order valence-corrected chi connectivity index (χ3v) is 5.16. The van der Waals surface area contributed by atoms with Gasteiger partial charge < -0.3 is 18.5 Å². The quantitative estimate of drug-likeness (QED) is 0.651. The first-order valence-corrected chi connectivity index (χ1v) is 8.64. The van der Waals surface area contributed by atoms with Gasteiger partial charge in [-0.3, -0.25) is 0 Å². The van der Waals surface area contributed by atoms with Crippen LogP contribution in [0, 0.1) is 6.92 Å². The van der Waals surface area contributed by atoms with Gasteiger partial charge in [0.15, 0.2) is 22.5 Å². The van der Waals surface area contributed by atoms with E-state index in [4.69, 9.17) is 25.5 Å². The summed E-state index contributed by atoms with van der Waals surface area (Å²) in [4.78, 5) is 0. The van der Waals surface area contributed by atoms with Gasteiger partial charge >= 0.3 is 0 Å². The standard InChI is InChI=1S/C16H14ClN3O3S/c1-9-11(3-4-21-9)15-18-19-16(20(15)2)24-7-10-5-12(17)14-13(6-10)22-8-23-14/h3-6H,7-8H2,1-2H3. The molecule has 1 aromatic carbocycles. The third kappa shape index (κ3) is 2.63. The number of rotatable bonds is 4. The minimum Gasteiger partial charge on any atom is -0.469 e. The van der Waals surface area contributed by atoms with E-state index in [-0.39, 0.29) is 6.79 Å². The Morgan fingerprint density at radius 1 is 1.29 bits per heavy atom. The van der Waals surface area contributed by atoms with Gasteiger partial charge in [0.05, 0.1) is 16.8 Å². The Labute approximate surface area is 147 Å². The van der Waals surface area contributed by atoms with E-state index in [1.807, 2.05) is 36.7 Å². The van der Waals surface area contributed by atoms with Gasteiger partial charge in [0, 0.05) is 12.8 Å². The molecule has 3 heterocycles. The average molecular weight is 364 g/mol. The van der Waals surface area contributed by atoms with Crippen molar-refractivity contribution < 1.29 is 13.9 Å². The van der Waals surface area contributed by atoms with Crippen LogP contribution in [0.3, 0.4) is 0 Å². The van der Waals surface area contributed by atoms with E-state index in [1.54, 1.807) is 18.0 Å². The fourth-order valence-corrected chi connectivity index (χ4v) is 3.67. The van der Waals surface area contributed by atoms with Gasteiger partial charge in [-0.25, -0.2) is 0 Å². The minimum atomic E-state index is 0.211. The lowest BCUT2D eigenvalue weighted by atomic mass is 10.2. The Balaban J connectivity index is 1.54. The summed E-state index contributed by atoms with van der Waals surface area (Å²) in [5.41, 5.74) is 1.99. The lowest BCUT2D eigenvalue weighted by Crippen LogP contribution is -1.95. The molecular formula is C16H14ClN3O3S. The number of ether oxygens (including phenoxy) is 2. The Morgan fingerprint density at radius 3 is 2.96 bits per heavy atom. The molecule has 24 heavy (non-hydrogen) atoms. The Kier molecular flexibility index (Phi) is 3.90. The first kappa shape index (κ1) is 15.4. The molecule has 2 aromatic heterocycles. The first-order valence-electron chi connectivity index (χ1n) is 7.28. The van der Waals surface area contributed by atoms with Crippen molar-refractivity contribution in [3.8, 4) is 22.9 Å². The molecule has 6 nitrogen and oxygen atoms in total. The molecule has 0 spiro atoms. The maximum absolute atomic E-state index is 6.22. The second-order valence-corrected chi connectivity index (χ2v) is 6.71. The maximum atomic E-state index is 6.22. The van der Waals surface area contributed by atoms with E-state index in [0.717, 1.165) is 27.9 Å². The molecule has 3 aromatic rings. The number of aromatic nitrogens is 3. The zero-order valence-corrected chi connectivity index (χ0v) is 14.6. The third-order valence-electron chi connectivity index (χ3n) is 3.79. The van der Waals surface area contributed by atoms with Crippen LogP contribution < -0.4 is 9.47 Å². The summed E-state index contributed by atoms with van der Waals surface area (Å²) in [5.74, 6) is 3.61. The van der Waals surface area contributed by atoms with Crippen molar-refractivity contribution in [2.75, 3.05) is 6.79 Å². The molecule has 0 N–H and O–H groups in total. The number of fused-ring (bicyclic) bond motifs is 1. The van der Waals surface area contributed by atoms with Crippen molar-refractivity contribution >= 4 is 23.4 Å². The van der Waals surface area contributed by atoms with E-state index in [1.165, 1.54) is 0 Å². The van der Waals surface area contributed by atoms with Crippen LogP contribution in [0.5, 0.6) is 11.5 Å². The van der Waals surface area contributed by atoms with Gasteiger partial charge in [0.2, 0.25) is 6.79 Å². The number of hydrogen-bond acceptors (Lipinski definition) is 6. The van der Waals surface area contributed by atoms with E-state index in [0.29, 0.717) is 22.3 Å². The fraction of sp³-hybridized carbons (Fsp3) is 0.250. The van der Waals surface area contributed by atoms with Crippen molar-refractivity contribution in [2.24, 2.45) is 7.05 Å². The van der Waals surface area contributed by atoms with Gasteiger partial charge in [-0.15, -0.1) is 10.2 Å². The summed E-state index contributed by atoms with van der Waals surface area (Å²) < 4.78 is 18.0. The summed E-state index contributed by atoms with van der Waals surface area (Å²) in [6.45, 7) is 2.12. The zero-order valence-electron chi connectivity index (χ0n) is 13.1. The number of benzene rings is 1. The number of thioether (sulfide) groups is 1. The van der Waals surface area contributed by atoms with E-state index in [2.05, 4.69) is 10.2 Å². The molecule has 0 unspecified atom stereocenters. The molecule has 0 fully saturated rings. The van der Waals surface area contributed by atoms with Crippen LogP contribution in [0.25, 0.3) is 11.4 Å². The maximum Gasteiger partial charge on any atom is 0.231 e. The van der Waals surface area contributed by atoms with Crippen LogP contribution in [0.15, 0.2) is 34.0 Å². The van der Waals surface area contributed by atoms with Gasteiger partial charge in [-0.05, 0) is 30.7 Å². The van der Waals surface area contributed by atoms with Crippen LogP contribution in [0.2, 0.25) is 5.02 Å². The highest BCUT2D eigenvalue weighted by molar-refractivity contribution is 7.98. The predicted molar refractivity (Wildman–Crippen MR) is 90.6 cm³/mol. The molecule has 0 saturated carbocycles. The number of furan rings is 1. The summed E-state index contributed by atoms with van der Waals surface area (Å²) >= 11 is 7.80. The molecule has 8 heteroatoms. The number of hydrogen-bond donors (Lipinski definition) is 0. The summed E-state index contributed by atoms with van der Waals surface area (Å²) in [7, 11) is 1.94. The van der Waals surface area contributed by atoms with Crippen LogP contribution in [-0.4, -0.2) is 21.6 Å². The Hall–Kier alpha value is -2.12. The minimum absolute atomic E-state index is 0.211. The highest BCUT2D eigenvalue weighted by Gasteiger charge is 2.19. The molecular weight excluding hydrogens is 350 g/mol. The second kappa shape index (κ2) is 6.07. The lowest BCUT2D eigenvalue weighted by molar-refractivity contribution is 0.174. The molecule has 0 saturated heterocycles. The summed E-state index contributed by atoms with van der Waals surface area (Å²) in [6.07, 6.45) is 1.65. The van der Waals surface area contributed by atoms with Crippen LogP contribution >= 0.6 is 23.4 Å². The van der Waals surface area contributed by atoms with Crippen molar-refractivity contribution in [2.45, 2.75) is 17.8 Å². The second-order valence-electron chi connectivity index (χ2n) is 5.36. The summed E-state index contributed by atoms with van der Waals surface area (Å²) in [6, 6.07) is 5.73. The van der Waals surface area contributed by atoms with Crippen molar-refractivity contribution in [3.05, 3.63) is 40.8 Å². The number of halogens is 1. The largest absolute Gasteiger partial charge is 0.469 e. The van der Waals surface area contributed by atoms with E-state index >= 15 is 0 Å². The lowest BCUT2D eigenvalue weighted by Gasteiger charge is -2.05. The van der Waals surface area contributed by atoms with E-state index < -0.39 is 0 Å². The molecule has 0 radical (unpaired) electrons. The van der Waals surface area contributed by atoms with Gasteiger partial charge in [0.1, 0.15) is 5.76 Å². The van der Waals surface area contributed by atoms with Crippen LogP contribution in [0.4, 0.5) is 0 Å². The predicted octanol–water partition coefficient (Wildman–Crippen LogP) is 4.06. The molecule has 0 amide bonds. The molecule has 1 aliphatic heterocycles. The van der Waals surface area contributed by atoms with Crippen LogP contribution in [0.1, 0.15) is 11.3 Å². The molecule has 124 valence electrons. The van der Waals surface area contributed by atoms with E-state index in [9.17, 15) is 0 Å². The molecule has 0 aliphatic carbocycles. The normalized spacial score (nSPS) is 12.8. The Morgan fingerprint density at radius 2 is 2.17 bits per heavy atom. The average Bonchev–Trinajstić information content (AvgIpc) is 3.26. The zero-order chi connectivity index (χ0) is 16.7. The topological polar surface area (TPSA) is 62.3 Å². The van der Waals surface area contributed by atoms with Crippen molar-refractivity contribution in [1.29, 1.82) is 0 Å². The first-order chi connectivity index (χ1) is 11.6. The van der Waals surface area contributed by atoms with Crippen molar-refractivity contribution in [3.63, 3.8) is 0 Å². The SMILES string of the molecule is Cc1occc1-c1nnc(SCc2cc(Cl)c3c(c2)OCO3)n1C. The van der Waals surface area contributed by atoms with Gasteiger partial charge in [-0.2, -0.15) is 0 Å². The van der Waals surface area contributed by atoms with Crippen LogP contribution in [-0.2, 0) is 12.8 Å². The van der Waals surface area contributed by atoms with Crippen molar-refractivity contribution in [1.82, 2.24) is 14.8 Å². The molecule has 0 bridgehead atoms. The Bertz CT molecular complexity index is 906. The molecule has 0 atom stereocenters. The molecule has 4 rings (SSSR count).